The fourth-order valence-corrected chi connectivity index (χ4v) is 1.86. The van der Waals surface area contributed by atoms with Gasteiger partial charge in [0.25, 0.3) is 0 Å². The molecule has 3 heterocycles. The highest BCUT2D eigenvalue weighted by molar-refractivity contribution is 5.90. The summed E-state index contributed by atoms with van der Waals surface area (Å²) >= 11 is 0. The van der Waals surface area contributed by atoms with E-state index in [9.17, 15) is 4.79 Å². The molecule has 110 valence electrons. The van der Waals surface area contributed by atoms with Crippen LogP contribution in [0.5, 0.6) is 0 Å². The standard InChI is InChI=1S/C15H13N5O2/c21-13(18-12-2-1-7-17-10-12)3-4-14-19-15(20-22-14)11-5-8-16-9-6-11/h1-2,5-10H,3-4H2,(H,18,21). The molecular weight excluding hydrogens is 282 g/mol. The van der Waals surface area contributed by atoms with Gasteiger partial charge in [-0.1, -0.05) is 5.16 Å². The van der Waals surface area contributed by atoms with E-state index in [1.807, 2.05) is 0 Å². The van der Waals surface area contributed by atoms with Gasteiger partial charge in [0.15, 0.2) is 0 Å². The smallest absolute Gasteiger partial charge is 0.227 e. The van der Waals surface area contributed by atoms with Crippen molar-refractivity contribution >= 4 is 11.6 Å². The Morgan fingerprint density at radius 3 is 2.77 bits per heavy atom. The maximum Gasteiger partial charge on any atom is 0.227 e. The van der Waals surface area contributed by atoms with Crippen LogP contribution in [0.2, 0.25) is 0 Å². The largest absolute Gasteiger partial charge is 0.339 e. The predicted molar refractivity (Wildman–Crippen MR) is 78.7 cm³/mol. The molecule has 0 bridgehead atoms. The molecule has 7 nitrogen and oxygen atoms in total. The van der Waals surface area contributed by atoms with E-state index < -0.39 is 0 Å². The number of aryl methyl sites for hydroxylation is 1. The van der Waals surface area contributed by atoms with Gasteiger partial charge in [0.1, 0.15) is 0 Å². The normalized spacial score (nSPS) is 10.4. The molecule has 0 radical (unpaired) electrons. The first-order chi connectivity index (χ1) is 10.8. The molecule has 3 aromatic rings. The molecule has 0 aromatic carbocycles. The molecule has 0 aliphatic carbocycles. The van der Waals surface area contributed by atoms with E-state index in [1.165, 1.54) is 0 Å². The average molecular weight is 295 g/mol. The van der Waals surface area contributed by atoms with Crippen molar-refractivity contribution < 1.29 is 9.32 Å². The number of hydrogen-bond acceptors (Lipinski definition) is 6. The molecule has 0 aliphatic heterocycles. The molecular formula is C15H13N5O2. The summed E-state index contributed by atoms with van der Waals surface area (Å²) in [7, 11) is 0. The molecule has 3 aromatic heterocycles. The zero-order valence-electron chi connectivity index (χ0n) is 11.6. The van der Waals surface area contributed by atoms with Crippen molar-refractivity contribution in [2.45, 2.75) is 12.8 Å². The summed E-state index contributed by atoms with van der Waals surface area (Å²) in [4.78, 5) is 24.0. The predicted octanol–water partition coefficient (Wildman–Crippen LogP) is 2.10. The van der Waals surface area contributed by atoms with Crippen LogP contribution in [0.1, 0.15) is 12.3 Å². The minimum atomic E-state index is -0.128. The highest BCUT2D eigenvalue weighted by atomic mass is 16.5. The van der Waals surface area contributed by atoms with E-state index in [0.29, 0.717) is 23.8 Å². The third-order valence-electron chi connectivity index (χ3n) is 2.92. The van der Waals surface area contributed by atoms with Crippen molar-refractivity contribution in [2.75, 3.05) is 5.32 Å². The fraction of sp³-hybridized carbons (Fsp3) is 0.133. The summed E-state index contributed by atoms with van der Waals surface area (Å²) in [6.07, 6.45) is 7.19. The molecule has 0 saturated heterocycles. The number of carbonyl (C=O) groups excluding carboxylic acids is 1. The van der Waals surface area contributed by atoms with E-state index in [4.69, 9.17) is 4.52 Å². The van der Waals surface area contributed by atoms with Crippen LogP contribution in [0, 0.1) is 0 Å². The molecule has 3 rings (SSSR count). The second-order valence-electron chi connectivity index (χ2n) is 4.54. The average Bonchev–Trinajstić information content (AvgIpc) is 3.04. The highest BCUT2D eigenvalue weighted by Gasteiger charge is 2.10. The number of hydrogen-bond donors (Lipinski definition) is 1. The van der Waals surface area contributed by atoms with Crippen molar-refractivity contribution in [3.05, 3.63) is 54.9 Å². The maximum absolute atomic E-state index is 11.8. The van der Waals surface area contributed by atoms with Crippen molar-refractivity contribution in [2.24, 2.45) is 0 Å². The van der Waals surface area contributed by atoms with E-state index in [0.717, 1.165) is 5.56 Å². The first kappa shape index (κ1) is 13.9. The lowest BCUT2D eigenvalue weighted by molar-refractivity contribution is -0.116. The van der Waals surface area contributed by atoms with E-state index in [1.54, 1.807) is 49.1 Å². The van der Waals surface area contributed by atoms with Crippen LogP contribution in [0.25, 0.3) is 11.4 Å². The molecule has 0 spiro atoms. The monoisotopic (exact) mass is 295 g/mol. The molecule has 0 atom stereocenters. The second kappa shape index (κ2) is 6.57. The number of anilines is 1. The van der Waals surface area contributed by atoms with Gasteiger partial charge in [0.05, 0.1) is 11.9 Å². The van der Waals surface area contributed by atoms with Crippen LogP contribution in [-0.2, 0) is 11.2 Å². The Bertz CT molecular complexity index is 743. The number of carbonyl (C=O) groups is 1. The molecule has 1 N–H and O–H groups in total. The molecule has 7 heteroatoms. The summed E-state index contributed by atoms with van der Waals surface area (Å²) in [6.45, 7) is 0. The summed E-state index contributed by atoms with van der Waals surface area (Å²) < 4.78 is 5.15. The van der Waals surface area contributed by atoms with E-state index in [-0.39, 0.29) is 12.3 Å². The lowest BCUT2D eigenvalue weighted by Crippen LogP contribution is -2.12. The molecule has 1 amide bonds. The van der Waals surface area contributed by atoms with Gasteiger partial charge >= 0.3 is 0 Å². The van der Waals surface area contributed by atoms with Crippen molar-refractivity contribution in [3.8, 4) is 11.4 Å². The summed E-state index contributed by atoms with van der Waals surface area (Å²) in [5, 5.41) is 6.64. The minimum absolute atomic E-state index is 0.128. The summed E-state index contributed by atoms with van der Waals surface area (Å²) in [5.41, 5.74) is 1.49. The van der Waals surface area contributed by atoms with Crippen LogP contribution in [0.3, 0.4) is 0 Å². The number of nitrogens with one attached hydrogen (secondary N) is 1. The van der Waals surface area contributed by atoms with Gasteiger partial charge < -0.3 is 9.84 Å². The first-order valence-electron chi connectivity index (χ1n) is 6.74. The van der Waals surface area contributed by atoms with Crippen LogP contribution >= 0.6 is 0 Å². The number of nitrogens with zero attached hydrogens (tertiary/aromatic N) is 4. The fourth-order valence-electron chi connectivity index (χ4n) is 1.86. The molecule has 0 aliphatic rings. The van der Waals surface area contributed by atoms with Gasteiger partial charge in [-0.3, -0.25) is 14.8 Å². The Hall–Kier alpha value is -3.09. The van der Waals surface area contributed by atoms with Gasteiger partial charge in [-0.2, -0.15) is 4.98 Å². The zero-order chi connectivity index (χ0) is 15.2. The first-order valence-corrected chi connectivity index (χ1v) is 6.74. The lowest BCUT2D eigenvalue weighted by atomic mass is 10.2. The van der Waals surface area contributed by atoms with Gasteiger partial charge in [0, 0.05) is 37.0 Å². The van der Waals surface area contributed by atoms with Crippen molar-refractivity contribution in [1.82, 2.24) is 20.1 Å². The van der Waals surface area contributed by atoms with Gasteiger partial charge in [0.2, 0.25) is 17.6 Å². The van der Waals surface area contributed by atoms with Crippen LogP contribution in [-0.4, -0.2) is 26.0 Å². The molecule has 0 fully saturated rings. The topological polar surface area (TPSA) is 93.8 Å². The third-order valence-corrected chi connectivity index (χ3v) is 2.92. The molecule has 0 saturated carbocycles. The van der Waals surface area contributed by atoms with E-state index in [2.05, 4.69) is 25.4 Å². The van der Waals surface area contributed by atoms with Crippen molar-refractivity contribution in [1.29, 1.82) is 0 Å². The quantitative estimate of drug-likeness (QED) is 0.774. The maximum atomic E-state index is 11.8. The zero-order valence-corrected chi connectivity index (χ0v) is 11.6. The Kier molecular flexibility index (Phi) is 4.15. The number of rotatable bonds is 5. The Morgan fingerprint density at radius 1 is 1.14 bits per heavy atom. The second-order valence-corrected chi connectivity index (χ2v) is 4.54. The number of amides is 1. The SMILES string of the molecule is O=C(CCc1nc(-c2ccncc2)no1)Nc1cccnc1. The highest BCUT2D eigenvalue weighted by Crippen LogP contribution is 2.14. The summed E-state index contributed by atoms with van der Waals surface area (Å²) in [5.74, 6) is 0.787. The van der Waals surface area contributed by atoms with Crippen molar-refractivity contribution in [3.63, 3.8) is 0 Å². The Morgan fingerprint density at radius 2 is 2.00 bits per heavy atom. The van der Waals surface area contributed by atoms with Gasteiger partial charge in [-0.25, -0.2) is 0 Å². The van der Waals surface area contributed by atoms with Gasteiger partial charge in [-0.15, -0.1) is 0 Å². The minimum Gasteiger partial charge on any atom is -0.339 e. The third kappa shape index (κ3) is 3.51. The molecule has 22 heavy (non-hydrogen) atoms. The van der Waals surface area contributed by atoms with Crippen LogP contribution in [0.15, 0.2) is 53.6 Å². The van der Waals surface area contributed by atoms with E-state index >= 15 is 0 Å². The van der Waals surface area contributed by atoms with Gasteiger partial charge in [-0.05, 0) is 24.3 Å². The van der Waals surface area contributed by atoms with Crippen LogP contribution < -0.4 is 5.32 Å². The number of aromatic nitrogens is 4. The Balaban J connectivity index is 1.56. The number of pyridine rings is 2. The molecule has 0 unspecified atom stereocenters. The summed E-state index contributed by atoms with van der Waals surface area (Å²) in [6, 6.07) is 7.13. The Labute approximate surface area is 126 Å². The lowest BCUT2D eigenvalue weighted by Gasteiger charge is -2.02. The van der Waals surface area contributed by atoms with Crippen LogP contribution in [0.4, 0.5) is 5.69 Å².